The molecule has 5 N–H and O–H groups in total. The summed E-state index contributed by atoms with van der Waals surface area (Å²) in [4.78, 5) is 11.4. The Morgan fingerprint density at radius 1 is 1.28 bits per heavy atom. The molecule has 0 aliphatic rings. The highest BCUT2D eigenvalue weighted by Crippen LogP contribution is 2.25. The molecule has 1 amide bonds. The molecule has 0 spiro atoms. The zero-order valence-corrected chi connectivity index (χ0v) is 10.1. The summed E-state index contributed by atoms with van der Waals surface area (Å²) < 4.78 is 0. The third kappa shape index (κ3) is 4.88. The highest BCUT2D eigenvalue weighted by molar-refractivity contribution is 5.91. The molecule has 0 aromatic heterocycles. The summed E-state index contributed by atoms with van der Waals surface area (Å²) in [5.41, 5.74) is 5.98. The maximum absolute atomic E-state index is 11.4. The molecule has 0 saturated heterocycles. The van der Waals surface area contributed by atoms with Gasteiger partial charge in [-0.1, -0.05) is 6.07 Å². The SMILES string of the molecule is NCCCCNC(=O)C=Cc1ccc(O)c(O)c1. The van der Waals surface area contributed by atoms with Crippen LogP contribution < -0.4 is 11.1 Å². The largest absolute Gasteiger partial charge is 0.504 e. The molecule has 0 unspecified atom stereocenters. The molecule has 0 bridgehead atoms. The first-order valence-corrected chi connectivity index (χ1v) is 5.81. The molecule has 1 aromatic carbocycles. The molecule has 1 rings (SSSR count). The molecule has 0 aliphatic carbocycles. The zero-order chi connectivity index (χ0) is 13.4. The van der Waals surface area contributed by atoms with Crippen molar-refractivity contribution in [3.05, 3.63) is 29.8 Å². The van der Waals surface area contributed by atoms with Gasteiger partial charge in [-0.15, -0.1) is 0 Å². The van der Waals surface area contributed by atoms with E-state index >= 15 is 0 Å². The Hall–Kier alpha value is -2.01. The van der Waals surface area contributed by atoms with Crippen LogP contribution in [0.2, 0.25) is 0 Å². The quantitative estimate of drug-likeness (QED) is 0.343. The maximum atomic E-state index is 11.4. The van der Waals surface area contributed by atoms with Gasteiger partial charge in [0.1, 0.15) is 0 Å². The Kier molecular flexibility index (Phi) is 5.73. The van der Waals surface area contributed by atoms with Crippen molar-refractivity contribution in [3.63, 3.8) is 0 Å². The first-order valence-electron chi connectivity index (χ1n) is 5.81. The number of unbranched alkanes of at least 4 members (excludes halogenated alkanes) is 1. The van der Waals surface area contributed by atoms with Crippen molar-refractivity contribution in [3.8, 4) is 11.5 Å². The van der Waals surface area contributed by atoms with Gasteiger partial charge in [0.15, 0.2) is 11.5 Å². The van der Waals surface area contributed by atoms with Crippen LogP contribution >= 0.6 is 0 Å². The number of hydrogen-bond acceptors (Lipinski definition) is 4. The minimum absolute atomic E-state index is 0.182. The topological polar surface area (TPSA) is 95.6 Å². The van der Waals surface area contributed by atoms with Crippen LogP contribution in [0.1, 0.15) is 18.4 Å². The van der Waals surface area contributed by atoms with Crippen LogP contribution in [0.5, 0.6) is 11.5 Å². The Labute approximate surface area is 106 Å². The highest BCUT2D eigenvalue weighted by Gasteiger charge is 1.99. The number of nitrogens with one attached hydrogen (secondary N) is 1. The first kappa shape index (κ1) is 14.1. The molecule has 0 atom stereocenters. The van der Waals surface area contributed by atoms with E-state index in [0.29, 0.717) is 18.7 Å². The molecule has 0 saturated carbocycles. The van der Waals surface area contributed by atoms with Crippen LogP contribution in [0.3, 0.4) is 0 Å². The minimum atomic E-state index is -0.208. The second-order valence-corrected chi connectivity index (χ2v) is 3.87. The van der Waals surface area contributed by atoms with Crippen LogP contribution in [0.15, 0.2) is 24.3 Å². The molecule has 1 aromatic rings. The number of nitrogens with two attached hydrogens (primary N) is 1. The number of carbonyl (C=O) groups excluding carboxylic acids is 1. The number of carbonyl (C=O) groups is 1. The molecule has 0 aliphatic heterocycles. The highest BCUT2D eigenvalue weighted by atomic mass is 16.3. The van der Waals surface area contributed by atoms with E-state index in [2.05, 4.69) is 5.32 Å². The van der Waals surface area contributed by atoms with E-state index in [1.807, 2.05) is 0 Å². The predicted octanol–water partition coefficient (Wildman–Crippen LogP) is 0.966. The van der Waals surface area contributed by atoms with Crippen molar-refractivity contribution >= 4 is 12.0 Å². The number of rotatable bonds is 6. The lowest BCUT2D eigenvalue weighted by molar-refractivity contribution is -0.116. The summed E-state index contributed by atoms with van der Waals surface area (Å²) in [7, 11) is 0. The second-order valence-electron chi connectivity index (χ2n) is 3.87. The summed E-state index contributed by atoms with van der Waals surface area (Å²) in [5.74, 6) is -0.585. The maximum Gasteiger partial charge on any atom is 0.243 e. The fourth-order valence-corrected chi connectivity index (χ4v) is 1.36. The molecule has 0 fully saturated rings. The van der Waals surface area contributed by atoms with Gasteiger partial charge in [0.2, 0.25) is 5.91 Å². The number of amides is 1. The Morgan fingerprint density at radius 3 is 2.72 bits per heavy atom. The number of phenols is 2. The lowest BCUT2D eigenvalue weighted by atomic mass is 10.2. The van der Waals surface area contributed by atoms with Gasteiger partial charge < -0.3 is 21.3 Å². The van der Waals surface area contributed by atoms with Crippen LogP contribution in [0.4, 0.5) is 0 Å². The molecule has 5 nitrogen and oxygen atoms in total. The van der Waals surface area contributed by atoms with Crippen molar-refractivity contribution in [2.24, 2.45) is 5.73 Å². The fraction of sp³-hybridized carbons (Fsp3) is 0.308. The predicted molar refractivity (Wildman–Crippen MR) is 70.1 cm³/mol. The van der Waals surface area contributed by atoms with Crippen molar-refractivity contribution in [2.45, 2.75) is 12.8 Å². The summed E-state index contributed by atoms with van der Waals surface area (Å²) in [6.45, 7) is 1.22. The van der Waals surface area contributed by atoms with Crippen molar-refractivity contribution in [2.75, 3.05) is 13.1 Å². The van der Waals surface area contributed by atoms with E-state index in [1.54, 1.807) is 12.1 Å². The third-order valence-electron chi connectivity index (χ3n) is 2.36. The van der Waals surface area contributed by atoms with E-state index in [9.17, 15) is 9.90 Å². The number of aromatic hydroxyl groups is 2. The van der Waals surface area contributed by atoms with Gasteiger partial charge in [0, 0.05) is 12.6 Å². The van der Waals surface area contributed by atoms with E-state index in [1.165, 1.54) is 18.2 Å². The third-order valence-corrected chi connectivity index (χ3v) is 2.36. The van der Waals surface area contributed by atoms with Gasteiger partial charge in [-0.3, -0.25) is 4.79 Å². The number of phenolic OH excluding ortho intramolecular Hbond substituents is 2. The lowest BCUT2D eigenvalue weighted by Gasteiger charge is -2.01. The average Bonchev–Trinajstić information content (AvgIpc) is 2.36. The molecule has 5 heteroatoms. The van der Waals surface area contributed by atoms with E-state index < -0.39 is 0 Å². The summed E-state index contributed by atoms with van der Waals surface area (Å²) in [6.07, 6.45) is 4.69. The molecular formula is C13H18N2O3. The van der Waals surface area contributed by atoms with E-state index in [0.717, 1.165) is 12.8 Å². The van der Waals surface area contributed by atoms with Gasteiger partial charge in [0.05, 0.1) is 0 Å². The van der Waals surface area contributed by atoms with Crippen LogP contribution in [-0.2, 0) is 4.79 Å². The van der Waals surface area contributed by atoms with Gasteiger partial charge in [0.25, 0.3) is 0 Å². The zero-order valence-electron chi connectivity index (χ0n) is 10.1. The number of benzene rings is 1. The number of hydrogen-bond donors (Lipinski definition) is 4. The van der Waals surface area contributed by atoms with Gasteiger partial charge in [-0.05, 0) is 43.2 Å². The lowest BCUT2D eigenvalue weighted by Crippen LogP contribution is -2.22. The minimum Gasteiger partial charge on any atom is -0.504 e. The first-order chi connectivity index (χ1) is 8.63. The summed E-state index contributed by atoms with van der Waals surface area (Å²) >= 11 is 0. The molecule has 18 heavy (non-hydrogen) atoms. The van der Waals surface area contributed by atoms with E-state index in [-0.39, 0.29) is 17.4 Å². The summed E-state index contributed by atoms with van der Waals surface area (Å²) in [6, 6.07) is 4.36. The Morgan fingerprint density at radius 2 is 2.06 bits per heavy atom. The van der Waals surface area contributed by atoms with Gasteiger partial charge in [-0.2, -0.15) is 0 Å². The molecular weight excluding hydrogens is 232 g/mol. The van der Waals surface area contributed by atoms with Crippen molar-refractivity contribution in [1.82, 2.24) is 5.32 Å². The average molecular weight is 250 g/mol. The van der Waals surface area contributed by atoms with Crippen LogP contribution in [-0.4, -0.2) is 29.2 Å². The summed E-state index contributed by atoms with van der Waals surface area (Å²) in [5, 5.41) is 21.1. The van der Waals surface area contributed by atoms with Crippen molar-refractivity contribution in [1.29, 1.82) is 0 Å². The van der Waals surface area contributed by atoms with Crippen LogP contribution in [0, 0.1) is 0 Å². The van der Waals surface area contributed by atoms with E-state index in [4.69, 9.17) is 10.8 Å². The molecule has 98 valence electrons. The van der Waals surface area contributed by atoms with Gasteiger partial charge >= 0.3 is 0 Å². The molecule has 0 heterocycles. The smallest absolute Gasteiger partial charge is 0.243 e. The monoisotopic (exact) mass is 250 g/mol. The normalized spacial score (nSPS) is 10.7. The van der Waals surface area contributed by atoms with Crippen molar-refractivity contribution < 1.29 is 15.0 Å². The van der Waals surface area contributed by atoms with Crippen LogP contribution in [0.25, 0.3) is 6.08 Å². The Balaban J connectivity index is 2.43. The second kappa shape index (κ2) is 7.34. The standard InChI is InChI=1S/C13H18N2O3/c14-7-1-2-8-15-13(18)6-4-10-3-5-11(16)12(17)9-10/h3-6,9,16-17H,1-2,7-8,14H2,(H,15,18). The fourth-order valence-electron chi connectivity index (χ4n) is 1.36. The molecule has 0 radical (unpaired) electrons. The van der Waals surface area contributed by atoms with Gasteiger partial charge in [-0.25, -0.2) is 0 Å². The Bertz CT molecular complexity index is 430.